The first-order chi connectivity index (χ1) is 8.21. The monoisotopic (exact) mass is 296 g/mol. The van der Waals surface area contributed by atoms with Crippen molar-refractivity contribution in [1.82, 2.24) is 0 Å². The van der Waals surface area contributed by atoms with Crippen molar-refractivity contribution in [2.45, 2.75) is 32.5 Å². The Morgan fingerprint density at radius 3 is 2.47 bits per heavy atom. The van der Waals surface area contributed by atoms with Crippen LogP contribution in [0.3, 0.4) is 0 Å². The number of nitrogens with two attached hydrogens (primary N) is 1. The molecule has 1 aromatic carbocycles. The van der Waals surface area contributed by atoms with Gasteiger partial charge >= 0.3 is 6.18 Å². The molecule has 0 aromatic heterocycles. The van der Waals surface area contributed by atoms with Gasteiger partial charge in [-0.2, -0.15) is 13.2 Å². The number of nitrogens with one attached hydrogen (secondary N) is 1. The molecule has 0 spiro atoms. The molecule has 1 atom stereocenters. The van der Waals surface area contributed by atoms with Crippen molar-refractivity contribution in [2.24, 2.45) is 5.73 Å². The summed E-state index contributed by atoms with van der Waals surface area (Å²) in [4.78, 5) is 11.5. The maximum Gasteiger partial charge on any atom is 0.416 e. The summed E-state index contributed by atoms with van der Waals surface area (Å²) in [7, 11) is 0. The normalized spacial score (nSPS) is 12.5. The van der Waals surface area contributed by atoms with Gasteiger partial charge in [-0.1, -0.05) is 6.07 Å². The zero-order valence-electron chi connectivity index (χ0n) is 10.5. The van der Waals surface area contributed by atoms with E-state index in [4.69, 9.17) is 5.73 Å². The fourth-order valence-corrected chi connectivity index (χ4v) is 1.57. The van der Waals surface area contributed by atoms with E-state index in [1.165, 1.54) is 19.1 Å². The van der Waals surface area contributed by atoms with E-state index >= 15 is 0 Å². The number of rotatable bonds is 3. The van der Waals surface area contributed by atoms with Gasteiger partial charge in [-0.05, 0) is 31.5 Å². The number of carbonyl (C=O) groups is 1. The standard InChI is InChI=1S/C12H15F3N2O.ClH/c1-7(16)6-11(18)17-10-5-3-4-9(8(10)2)12(13,14)15;/h3-5,7H,6,16H2,1-2H3,(H,17,18);1H. The second kappa shape index (κ2) is 6.77. The van der Waals surface area contributed by atoms with Crippen LogP contribution < -0.4 is 11.1 Å². The fraction of sp³-hybridized carbons (Fsp3) is 0.417. The Balaban J connectivity index is 0.00000324. The molecule has 0 bridgehead atoms. The first-order valence-electron chi connectivity index (χ1n) is 5.44. The molecular weight excluding hydrogens is 281 g/mol. The summed E-state index contributed by atoms with van der Waals surface area (Å²) in [5.74, 6) is -0.396. The van der Waals surface area contributed by atoms with Gasteiger partial charge in [-0.3, -0.25) is 4.79 Å². The third-order valence-electron chi connectivity index (χ3n) is 2.42. The van der Waals surface area contributed by atoms with Crippen LogP contribution in [0.2, 0.25) is 0 Å². The largest absolute Gasteiger partial charge is 0.416 e. The average Bonchev–Trinajstić information content (AvgIpc) is 2.18. The van der Waals surface area contributed by atoms with Crippen LogP contribution in [0, 0.1) is 6.92 Å². The molecule has 1 rings (SSSR count). The minimum Gasteiger partial charge on any atom is -0.327 e. The van der Waals surface area contributed by atoms with Crippen LogP contribution in [0.5, 0.6) is 0 Å². The SMILES string of the molecule is Cc1c(NC(=O)CC(C)N)cccc1C(F)(F)F.Cl. The maximum atomic E-state index is 12.6. The number of halogens is 4. The van der Waals surface area contributed by atoms with Crippen molar-refractivity contribution >= 4 is 24.0 Å². The second-order valence-corrected chi connectivity index (χ2v) is 4.21. The maximum absolute atomic E-state index is 12.6. The highest BCUT2D eigenvalue weighted by Gasteiger charge is 2.33. The molecule has 0 heterocycles. The van der Waals surface area contributed by atoms with Crippen LogP contribution in [-0.2, 0) is 11.0 Å². The fourth-order valence-electron chi connectivity index (χ4n) is 1.57. The molecule has 0 saturated heterocycles. The number of anilines is 1. The van der Waals surface area contributed by atoms with Gasteiger partial charge in [0, 0.05) is 18.2 Å². The van der Waals surface area contributed by atoms with Crippen LogP contribution in [0.15, 0.2) is 18.2 Å². The molecule has 7 heteroatoms. The molecule has 0 saturated carbocycles. The van der Waals surface area contributed by atoms with Crippen LogP contribution in [0.25, 0.3) is 0 Å². The van der Waals surface area contributed by atoms with Crippen LogP contribution in [0.1, 0.15) is 24.5 Å². The summed E-state index contributed by atoms with van der Waals surface area (Å²) in [6.45, 7) is 2.98. The zero-order valence-corrected chi connectivity index (χ0v) is 11.4. The Morgan fingerprint density at radius 2 is 2.00 bits per heavy atom. The third kappa shape index (κ3) is 5.08. The Hall–Kier alpha value is -1.27. The third-order valence-corrected chi connectivity index (χ3v) is 2.42. The van der Waals surface area contributed by atoms with Gasteiger partial charge in [-0.25, -0.2) is 0 Å². The van der Waals surface area contributed by atoms with Gasteiger partial charge in [0.15, 0.2) is 0 Å². The van der Waals surface area contributed by atoms with E-state index in [9.17, 15) is 18.0 Å². The second-order valence-electron chi connectivity index (χ2n) is 4.21. The smallest absolute Gasteiger partial charge is 0.327 e. The predicted octanol–water partition coefficient (Wildman–Crippen LogP) is 3.11. The van der Waals surface area contributed by atoms with Crippen LogP contribution in [-0.4, -0.2) is 11.9 Å². The molecule has 3 nitrogen and oxygen atoms in total. The summed E-state index contributed by atoms with van der Waals surface area (Å²) < 4.78 is 37.9. The molecule has 1 amide bonds. The lowest BCUT2D eigenvalue weighted by molar-refractivity contribution is -0.138. The average molecular weight is 297 g/mol. The van der Waals surface area contributed by atoms with Crippen molar-refractivity contribution in [2.75, 3.05) is 5.32 Å². The number of hydrogen-bond acceptors (Lipinski definition) is 2. The van der Waals surface area contributed by atoms with Crippen molar-refractivity contribution in [1.29, 1.82) is 0 Å². The Labute approximate surface area is 115 Å². The number of amides is 1. The molecule has 19 heavy (non-hydrogen) atoms. The molecule has 0 aliphatic rings. The highest BCUT2D eigenvalue weighted by molar-refractivity contribution is 5.92. The zero-order chi connectivity index (χ0) is 13.9. The molecule has 1 unspecified atom stereocenters. The van der Waals surface area contributed by atoms with E-state index in [-0.39, 0.29) is 36.1 Å². The minimum atomic E-state index is -4.42. The van der Waals surface area contributed by atoms with E-state index in [2.05, 4.69) is 5.32 Å². The Kier molecular flexibility index (Phi) is 6.32. The number of alkyl halides is 3. The molecular formula is C12H16ClF3N2O. The summed E-state index contributed by atoms with van der Waals surface area (Å²) in [5, 5.41) is 2.44. The Bertz CT molecular complexity index is 447. The lowest BCUT2D eigenvalue weighted by Crippen LogP contribution is -2.24. The van der Waals surface area contributed by atoms with Crippen LogP contribution in [0.4, 0.5) is 18.9 Å². The number of hydrogen-bond donors (Lipinski definition) is 2. The lowest BCUT2D eigenvalue weighted by atomic mass is 10.1. The van der Waals surface area contributed by atoms with Gasteiger partial charge in [-0.15, -0.1) is 12.4 Å². The van der Waals surface area contributed by atoms with Gasteiger partial charge in [0.1, 0.15) is 0 Å². The first-order valence-corrected chi connectivity index (χ1v) is 5.44. The lowest BCUT2D eigenvalue weighted by Gasteiger charge is -2.15. The molecule has 0 fully saturated rings. The quantitative estimate of drug-likeness (QED) is 0.900. The van der Waals surface area contributed by atoms with Crippen molar-refractivity contribution in [3.63, 3.8) is 0 Å². The highest BCUT2D eigenvalue weighted by atomic mass is 35.5. The number of benzene rings is 1. The Morgan fingerprint density at radius 1 is 1.42 bits per heavy atom. The first kappa shape index (κ1) is 17.7. The molecule has 3 N–H and O–H groups in total. The summed E-state index contributed by atoms with van der Waals surface area (Å²) in [6, 6.07) is 3.34. The van der Waals surface area contributed by atoms with E-state index in [1.54, 1.807) is 6.92 Å². The van der Waals surface area contributed by atoms with Gasteiger partial charge in [0.2, 0.25) is 5.91 Å². The van der Waals surface area contributed by atoms with E-state index in [1.807, 2.05) is 0 Å². The molecule has 0 radical (unpaired) electrons. The van der Waals surface area contributed by atoms with Crippen LogP contribution >= 0.6 is 12.4 Å². The van der Waals surface area contributed by atoms with E-state index < -0.39 is 17.6 Å². The van der Waals surface area contributed by atoms with Crippen molar-refractivity contribution < 1.29 is 18.0 Å². The number of carbonyl (C=O) groups excluding carboxylic acids is 1. The van der Waals surface area contributed by atoms with Gasteiger partial charge in [0.05, 0.1) is 5.56 Å². The topological polar surface area (TPSA) is 55.1 Å². The summed E-state index contributed by atoms with van der Waals surface area (Å²) in [6.07, 6.45) is -4.36. The van der Waals surface area contributed by atoms with Gasteiger partial charge < -0.3 is 11.1 Å². The minimum absolute atomic E-state index is 0. The van der Waals surface area contributed by atoms with Crippen molar-refractivity contribution in [3.05, 3.63) is 29.3 Å². The molecule has 0 aliphatic carbocycles. The molecule has 108 valence electrons. The summed E-state index contributed by atoms with van der Waals surface area (Å²) >= 11 is 0. The van der Waals surface area contributed by atoms with E-state index in [0.717, 1.165) is 6.07 Å². The molecule has 0 aliphatic heterocycles. The van der Waals surface area contributed by atoms with Gasteiger partial charge in [0.25, 0.3) is 0 Å². The van der Waals surface area contributed by atoms with E-state index in [0.29, 0.717) is 0 Å². The predicted molar refractivity (Wildman–Crippen MR) is 70.3 cm³/mol. The highest BCUT2D eigenvalue weighted by Crippen LogP contribution is 2.34. The van der Waals surface area contributed by atoms with Crippen molar-refractivity contribution in [3.8, 4) is 0 Å². The summed E-state index contributed by atoms with van der Waals surface area (Å²) in [5.41, 5.74) is 4.86. The molecule has 1 aromatic rings.